The van der Waals surface area contributed by atoms with E-state index >= 15 is 0 Å². The molecule has 0 fully saturated rings. The summed E-state index contributed by atoms with van der Waals surface area (Å²) in [7, 11) is 0. The van der Waals surface area contributed by atoms with Gasteiger partial charge in [-0.3, -0.25) is 4.57 Å². The largest absolute Gasteiger partial charge is 0.309 e. The zero-order valence-corrected chi connectivity index (χ0v) is 38.5. The molecule has 0 spiro atoms. The molecule has 0 bridgehead atoms. The van der Waals surface area contributed by atoms with Crippen LogP contribution in [0, 0.1) is 0 Å². The Morgan fingerprint density at radius 1 is 0.448 bits per heavy atom. The first-order valence-electron chi connectivity index (χ1n) is 23.3. The first-order valence-corrected chi connectivity index (χ1v) is 23.3. The lowest BCUT2D eigenvalue weighted by atomic mass is 9.82. The van der Waals surface area contributed by atoms with Crippen LogP contribution in [-0.2, 0) is 11.0 Å². The summed E-state index contributed by atoms with van der Waals surface area (Å²) in [5.41, 5.74) is 17.9. The predicted octanol–water partition coefficient (Wildman–Crippen LogP) is 16.2. The summed E-state index contributed by atoms with van der Waals surface area (Å²) < 4.78 is 4.78. The minimum absolute atomic E-state index is 0.198. The first-order chi connectivity index (χ1) is 32.6. The Bertz CT molecular complexity index is 3680. The van der Waals surface area contributed by atoms with Gasteiger partial charge in [-0.1, -0.05) is 172 Å². The summed E-state index contributed by atoms with van der Waals surface area (Å²) in [6.45, 7) is 11.2. The molecule has 4 heteroatoms. The molecule has 0 N–H and O–H groups in total. The highest BCUT2D eigenvalue weighted by Gasteiger charge is 2.36. The van der Waals surface area contributed by atoms with Crippen molar-refractivity contribution in [3.63, 3.8) is 0 Å². The van der Waals surface area contributed by atoms with Crippen molar-refractivity contribution in [1.29, 1.82) is 0 Å². The van der Waals surface area contributed by atoms with Gasteiger partial charge in [-0.2, -0.15) is 0 Å². The molecule has 0 radical (unpaired) electrons. The highest BCUT2D eigenvalue weighted by Crippen LogP contribution is 2.51. The van der Waals surface area contributed by atoms with Crippen molar-refractivity contribution in [1.82, 2.24) is 9.13 Å². The molecular formula is C63H50N4. The third-order valence-electron chi connectivity index (χ3n) is 14.2. The van der Waals surface area contributed by atoms with Crippen LogP contribution in [-0.4, -0.2) is 20.8 Å². The molecule has 0 atom stereocenters. The summed E-state index contributed by atoms with van der Waals surface area (Å²) in [4.78, 5) is 11.2. The average Bonchev–Trinajstić information content (AvgIpc) is 3.95. The second-order valence-electron chi connectivity index (χ2n) is 19.1. The van der Waals surface area contributed by atoms with E-state index in [0.717, 1.165) is 50.0 Å². The average molecular weight is 863 g/mol. The third-order valence-corrected chi connectivity index (χ3v) is 14.2. The smallest absolute Gasteiger partial charge is 0.231 e. The van der Waals surface area contributed by atoms with Crippen molar-refractivity contribution >= 4 is 55.3 Å². The van der Waals surface area contributed by atoms with Crippen LogP contribution in [0.1, 0.15) is 56.9 Å². The Balaban J connectivity index is 1.15. The summed E-state index contributed by atoms with van der Waals surface area (Å²) >= 11 is 0. The van der Waals surface area contributed by atoms with E-state index < -0.39 is 5.54 Å². The molecule has 0 unspecified atom stereocenters. The molecule has 1 aliphatic carbocycles. The van der Waals surface area contributed by atoms with E-state index in [-0.39, 0.29) is 5.41 Å². The molecule has 0 amide bonds. The Kier molecular flexibility index (Phi) is 9.37. The number of hydrogen-bond acceptors (Lipinski definition) is 1. The van der Waals surface area contributed by atoms with E-state index in [4.69, 9.17) is 9.98 Å². The number of rotatable bonds is 6. The standard InChI is InChI=1S/C63H50N4/c1-41(42-20-10-6-11-21-42)64-61(65-63(4,5)47-26-16-9-17-27-47)67-59-35-32-48(38-53(59)54-39-50-49-28-18-19-29-55(49)62(2,3)56(50)40-60(54)67)66-57-33-30-45(43-22-12-7-13-23-43)36-51(57)52-37-46(31-34-58(52)66)44-24-14-8-15-25-44/h6-40H,1-5H3. The summed E-state index contributed by atoms with van der Waals surface area (Å²) in [6.07, 6.45) is 0. The van der Waals surface area contributed by atoms with Gasteiger partial charge in [0.15, 0.2) is 0 Å². The topological polar surface area (TPSA) is 34.6 Å². The van der Waals surface area contributed by atoms with Gasteiger partial charge in [0, 0.05) is 38.4 Å². The van der Waals surface area contributed by atoms with E-state index in [1.54, 1.807) is 0 Å². The van der Waals surface area contributed by atoms with Gasteiger partial charge in [0.05, 0.1) is 27.6 Å². The number of aromatic nitrogens is 2. The second-order valence-corrected chi connectivity index (χ2v) is 19.1. The Labute approximate surface area is 391 Å². The van der Waals surface area contributed by atoms with Crippen molar-refractivity contribution in [3.8, 4) is 39.1 Å². The van der Waals surface area contributed by atoms with Crippen LogP contribution in [0.5, 0.6) is 0 Å². The maximum absolute atomic E-state index is 5.66. The number of benzene rings is 9. The highest BCUT2D eigenvalue weighted by molar-refractivity contribution is 6.19. The van der Waals surface area contributed by atoms with Crippen molar-refractivity contribution in [2.75, 3.05) is 0 Å². The zero-order valence-electron chi connectivity index (χ0n) is 38.5. The maximum atomic E-state index is 5.66. The van der Waals surface area contributed by atoms with Crippen molar-refractivity contribution < 1.29 is 0 Å². The molecule has 0 saturated carbocycles. The van der Waals surface area contributed by atoms with Crippen LogP contribution in [0.4, 0.5) is 0 Å². The highest BCUT2D eigenvalue weighted by atomic mass is 15.2. The normalized spacial score (nSPS) is 13.7. The van der Waals surface area contributed by atoms with E-state index in [1.807, 2.05) is 0 Å². The number of hydrogen-bond donors (Lipinski definition) is 0. The fourth-order valence-corrected chi connectivity index (χ4v) is 10.7. The number of nitrogens with zero attached hydrogens (tertiary/aromatic N) is 4. The van der Waals surface area contributed by atoms with Crippen molar-refractivity contribution in [3.05, 3.63) is 235 Å². The van der Waals surface area contributed by atoms with Crippen LogP contribution in [0.2, 0.25) is 0 Å². The van der Waals surface area contributed by atoms with E-state index in [2.05, 4.69) is 256 Å². The van der Waals surface area contributed by atoms with Gasteiger partial charge in [-0.15, -0.1) is 0 Å². The molecule has 4 nitrogen and oxygen atoms in total. The lowest BCUT2D eigenvalue weighted by molar-refractivity contribution is 0.555. The molecule has 2 aromatic heterocycles. The van der Waals surface area contributed by atoms with Crippen LogP contribution < -0.4 is 0 Å². The fraction of sp³-hybridized carbons (Fsp3) is 0.111. The number of aliphatic imine (C=N–C) groups is 2. The van der Waals surface area contributed by atoms with Gasteiger partial charge in [-0.05, 0) is 131 Å². The summed E-state index contributed by atoms with van der Waals surface area (Å²) in [6, 6.07) is 77.1. The quantitative estimate of drug-likeness (QED) is 0.118. The van der Waals surface area contributed by atoms with Gasteiger partial charge in [0.2, 0.25) is 5.96 Å². The van der Waals surface area contributed by atoms with Gasteiger partial charge in [0.25, 0.3) is 0 Å². The Hall–Kier alpha value is -8.08. The Morgan fingerprint density at radius 2 is 0.970 bits per heavy atom. The molecule has 12 rings (SSSR count). The van der Waals surface area contributed by atoms with Gasteiger partial charge < -0.3 is 4.57 Å². The van der Waals surface area contributed by atoms with Gasteiger partial charge in [0.1, 0.15) is 0 Å². The van der Waals surface area contributed by atoms with Gasteiger partial charge in [-0.25, -0.2) is 9.98 Å². The molecule has 11 aromatic rings. The van der Waals surface area contributed by atoms with Gasteiger partial charge >= 0.3 is 0 Å². The molecule has 322 valence electrons. The zero-order chi connectivity index (χ0) is 45.4. The lowest BCUT2D eigenvalue weighted by Gasteiger charge is -2.23. The van der Waals surface area contributed by atoms with E-state index in [1.165, 1.54) is 60.7 Å². The third kappa shape index (κ3) is 6.66. The van der Waals surface area contributed by atoms with Crippen molar-refractivity contribution in [2.24, 2.45) is 9.98 Å². The lowest BCUT2D eigenvalue weighted by Crippen LogP contribution is -2.21. The molecule has 2 heterocycles. The van der Waals surface area contributed by atoms with Crippen LogP contribution in [0.3, 0.4) is 0 Å². The van der Waals surface area contributed by atoms with Crippen molar-refractivity contribution in [2.45, 2.75) is 45.6 Å². The van der Waals surface area contributed by atoms with Crippen LogP contribution in [0.25, 0.3) is 82.7 Å². The summed E-state index contributed by atoms with van der Waals surface area (Å²) in [5, 5.41) is 4.75. The Morgan fingerprint density at radius 3 is 1.60 bits per heavy atom. The predicted molar refractivity (Wildman–Crippen MR) is 283 cm³/mol. The monoisotopic (exact) mass is 862 g/mol. The SMILES string of the molecule is CC(=NC(=NC(C)(C)c1ccccc1)n1c2ccc(-n3c4ccc(-c5ccccc5)cc4c4cc(-c5ccccc5)ccc43)cc2c2cc3c(cc21)C(C)(C)c1ccccc1-3)c1ccccc1. The molecule has 9 aromatic carbocycles. The molecule has 0 aliphatic heterocycles. The van der Waals surface area contributed by atoms with Crippen LogP contribution >= 0.6 is 0 Å². The van der Waals surface area contributed by atoms with Crippen LogP contribution in [0.15, 0.2) is 222 Å². The first kappa shape index (κ1) is 40.4. The maximum Gasteiger partial charge on any atom is 0.231 e. The molecule has 0 saturated heterocycles. The number of fused-ring (bicyclic) bond motifs is 9. The minimum atomic E-state index is -0.591. The summed E-state index contributed by atoms with van der Waals surface area (Å²) in [5.74, 6) is 0.648. The molecular weight excluding hydrogens is 813 g/mol. The molecule has 67 heavy (non-hydrogen) atoms. The van der Waals surface area contributed by atoms with E-state index in [9.17, 15) is 0 Å². The minimum Gasteiger partial charge on any atom is -0.309 e. The van der Waals surface area contributed by atoms with E-state index in [0.29, 0.717) is 5.96 Å². The second kappa shape index (κ2) is 15.5. The molecule has 1 aliphatic rings. The fourth-order valence-electron chi connectivity index (χ4n) is 10.7.